The summed E-state index contributed by atoms with van der Waals surface area (Å²) < 4.78 is 18.0. The first-order valence-electron chi connectivity index (χ1n) is 4.87. The van der Waals surface area contributed by atoms with E-state index >= 15 is 0 Å². The molecule has 1 aromatic heterocycles. The van der Waals surface area contributed by atoms with E-state index in [9.17, 15) is 0 Å². The van der Waals surface area contributed by atoms with Crippen LogP contribution in [0.15, 0.2) is 18.7 Å². The van der Waals surface area contributed by atoms with E-state index in [1.165, 1.54) is 0 Å². The molecule has 94 valence electrons. The van der Waals surface area contributed by atoms with Crippen LogP contribution in [0.1, 0.15) is 6.42 Å². The van der Waals surface area contributed by atoms with E-state index in [0.717, 1.165) is 19.0 Å². The molecule has 0 N–H and O–H groups in total. The molecule has 1 heterocycles. The van der Waals surface area contributed by atoms with Gasteiger partial charge in [-0.2, -0.15) is 0 Å². The third kappa shape index (κ3) is 4.23. The van der Waals surface area contributed by atoms with E-state index in [4.69, 9.17) is 13.3 Å². The Kier molecular flexibility index (Phi) is 7.61. The normalized spacial score (nSPS) is 11.2. The first kappa shape index (κ1) is 15.6. The summed E-state index contributed by atoms with van der Waals surface area (Å²) >= 11 is 0. The van der Waals surface area contributed by atoms with Gasteiger partial charge < -0.3 is 17.8 Å². The molecule has 1 rings (SSSR count). The minimum absolute atomic E-state index is 0. The van der Waals surface area contributed by atoms with Crippen molar-refractivity contribution < 1.29 is 13.3 Å². The van der Waals surface area contributed by atoms with Crippen LogP contribution in [0.25, 0.3) is 0 Å². The van der Waals surface area contributed by atoms with Gasteiger partial charge in [0.05, 0.1) is 6.33 Å². The summed E-state index contributed by atoms with van der Waals surface area (Å²) in [6, 6.07) is 0.814. The van der Waals surface area contributed by atoms with Crippen LogP contribution in [-0.2, 0) is 19.8 Å². The van der Waals surface area contributed by atoms with Gasteiger partial charge in [0.15, 0.2) is 0 Å². The molecule has 0 amide bonds. The summed E-state index contributed by atoms with van der Waals surface area (Å²) in [5.74, 6) is 0. The molecular formula is C9H19ClN2O3Si. The van der Waals surface area contributed by atoms with Crippen molar-refractivity contribution in [3.8, 4) is 0 Å². The number of hydrogen-bond donors (Lipinski definition) is 0. The standard InChI is InChI=1S/C9H18N2O3Si.ClH/c1-12-15(13-2,14-3)8-4-6-11-7-5-10-9-11;/h5,7,9H,4,6,8H2,1-3H3;1H. The molecule has 0 aliphatic heterocycles. The Morgan fingerprint density at radius 1 is 1.19 bits per heavy atom. The second kappa shape index (κ2) is 7.80. The van der Waals surface area contributed by atoms with Crippen molar-refractivity contribution in [3.05, 3.63) is 18.7 Å². The predicted octanol–water partition coefficient (Wildman–Crippen LogP) is 1.57. The fourth-order valence-corrected chi connectivity index (χ4v) is 3.16. The summed E-state index contributed by atoms with van der Waals surface area (Å²) in [7, 11) is 2.52. The Morgan fingerprint density at radius 3 is 2.25 bits per heavy atom. The van der Waals surface area contributed by atoms with Crippen LogP contribution >= 0.6 is 12.4 Å². The van der Waals surface area contributed by atoms with Crippen LogP contribution in [0, 0.1) is 0 Å². The summed E-state index contributed by atoms with van der Waals surface area (Å²) in [6.45, 7) is 0.908. The third-order valence-electron chi connectivity index (χ3n) is 2.39. The van der Waals surface area contributed by atoms with Crippen molar-refractivity contribution in [1.82, 2.24) is 9.55 Å². The molecule has 0 fully saturated rings. The molecular weight excluding hydrogens is 248 g/mol. The highest BCUT2D eigenvalue weighted by Gasteiger charge is 2.36. The van der Waals surface area contributed by atoms with Crippen molar-refractivity contribution in [3.63, 3.8) is 0 Å². The maximum Gasteiger partial charge on any atom is 0.500 e. The third-order valence-corrected chi connectivity index (χ3v) is 5.22. The largest absolute Gasteiger partial charge is 0.500 e. The van der Waals surface area contributed by atoms with E-state index in [1.807, 2.05) is 10.8 Å². The van der Waals surface area contributed by atoms with Crippen LogP contribution in [-0.4, -0.2) is 39.7 Å². The molecule has 0 spiro atoms. The van der Waals surface area contributed by atoms with Crippen LogP contribution in [0.3, 0.4) is 0 Å². The highest BCUT2D eigenvalue weighted by Crippen LogP contribution is 2.15. The molecule has 7 heteroatoms. The molecule has 0 atom stereocenters. The molecule has 0 saturated carbocycles. The number of halogens is 1. The molecule has 0 bridgehead atoms. The lowest BCUT2D eigenvalue weighted by Crippen LogP contribution is -2.42. The van der Waals surface area contributed by atoms with Gasteiger partial charge in [-0.1, -0.05) is 0 Å². The number of aryl methyl sites for hydroxylation is 1. The maximum absolute atomic E-state index is 5.33. The molecule has 16 heavy (non-hydrogen) atoms. The fraction of sp³-hybridized carbons (Fsp3) is 0.667. The van der Waals surface area contributed by atoms with Crippen LogP contribution in [0.2, 0.25) is 6.04 Å². The SMILES string of the molecule is CO[Si](CCCn1ccnc1)(OC)OC.Cl. The molecule has 0 aromatic carbocycles. The van der Waals surface area contributed by atoms with Gasteiger partial charge in [0.25, 0.3) is 0 Å². The number of nitrogens with zero attached hydrogens (tertiary/aromatic N) is 2. The Morgan fingerprint density at radius 2 is 1.81 bits per heavy atom. The average Bonchev–Trinajstić information content (AvgIpc) is 2.78. The van der Waals surface area contributed by atoms with Gasteiger partial charge in [-0.15, -0.1) is 12.4 Å². The van der Waals surface area contributed by atoms with E-state index in [-0.39, 0.29) is 12.4 Å². The first-order chi connectivity index (χ1) is 7.26. The highest BCUT2D eigenvalue weighted by atomic mass is 35.5. The lowest BCUT2D eigenvalue weighted by atomic mass is 10.5. The first-order valence-corrected chi connectivity index (χ1v) is 6.80. The van der Waals surface area contributed by atoms with E-state index in [1.54, 1.807) is 33.9 Å². The van der Waals surface area contributed by atoms with Crippen molar-refractivity contribution in [2.24, 2.45) is 0 Å². The molecule has 5 nitrogen and oxygen atoms in total. The molecule has 0 unspecified atom stereocenters. The van der Waals surface area contributed by atoms with Gasteiger partial charge in [0.2, 0.25) is 0 Å². The Labute approximate surface area is 104 Å². The summed E-state index contributed by atoms with van der Waals surface area (Å²) in [6.07, 6.45) is 6.47. The topological polar surface area (TPSA) is 45.5 Å². The molecule has 0 radical (unpaired) electrons. The zero-order valence-electron chi connectivity index (χ0n) is 9.88. The van der Waals surface area contributed by atoms with Gasteiger partial charge in [0, 0.05) is 46.3 Å². The molecule has 0 aliphatic rings. The molecule has 0 saturated heterocycles. The number of imidazole rings is 1. The zero-order chi connectivity index (χ0) is 11.1. The lowest BCUT2D eigenvalue weighted by Gasteiger charge is -2.24. The number of hydrogen-bond acceptors (Lipinski definition) is 4. The number of aromatic nitrogens is 2. The Bertz CT molecular complexity index is 259. The van der Waals surface area contributed by atoms with Gasteiger partial charge in [0.1, 0.15) is 0 Å². The average molecular weight is 267 g/mol. The van der Waals surface area contributed by atoms with Crippen molar-refractivity contribution in [1.29, 1.82) is 0 Å². The van der Waals surface area contributed by atoms with Crippen molar-refractivity contribution >= 4 is 21.2 Å². The van der Waals surface area contributed by atoms with Gasteiger partial charge in [-0.05, 0) is 6.42 Å². The summed E-state index contributed by atoms with van der Waals surface area (Å²) in [5.41, 5.74) is 0. The highest BCUT2D eigenvalue weighted by molar-refractivity contribution is 6.60. The van der Waals surface area contributed by atoms with Crippen LogP contribution in [0.5, 0.6) is 0 Å². The van der Waals surface area contributed by atoms with Gasteiger partial charge in [-0.3, -0.25) is 0 Å². The lowest BCUT2D eigenvalue weighted by molar-refractivity contribution is 0.122. The number of rotatable bonds is 7. The minimum Gasteiger partial charge on any atom is -0.377 e. The monoisotopic (exact) mass is 266 g/mol. The molecule has 1 aromatic rings. The summed E-state index contributed by atoms with van der Waals surface area (Å²) in [5, 5.41) is 0. The fourth-order valence-electron chi connectivity index (χ4n) is 1.45. The van der Waals surface area contributed by atoms with Gasteiger partial charge in [-0.25, -0.2) is 4.98 Å². The maximum atomic E-state index is 5.33. The van der Waals surface area contributed by atoms with Crippen molar-refractivity contribution in [2.45, 2.75) is 19.0 Å². The van der Waals surface area contributed by atoms with Crippen LogP contribution in [0.4, 0.5) is 0 Å². The predicted molar refractivity (Wildman–Crippen MR) is 65.7 cm³/mol. The van der Waals surface area contributed by atoms with E-state index < -0.39 is 8.80 Å². The Balaban J connectivity index is 0.00000225. The second-order valence-corrected chi connectivity index (χ2v) is 6.29. The van der Waals surface area contributed by atoms with Gasteiger partial charge >= 0.3 is 8.80 Å². The molecule has 0 aliphatic carbocycles. The summed E-state index contributed by atoms with van der Waals surface area (Å²) in [4.78, 5) is 3.98. The van der Waals surface area contributed by atoms with Crippen molar-refractivity contribution in [2.75, 3.05) is 21.3 Å². The van der Waals surface area contributed by atoms with E-state index in [0.29, 0.717) is 0 Å². The van der Waals surface area contributed by atoms with Crippen LogP contribution < -0.4 is 0 Å². The zero-order valence-corrected chi connectivity index (χ0v) is 11.7. The smallest absolute Gasteiger partial charge is 0.377 e. The Hall–Kier alpha value is -0.403. The van der Waals surface area contributed by atoms with E-state index in [2.05, 4.69) is 4.98 Å². The second-order valence-electron chi connectivity index (χ2n) is 3.20. The minimum atomic E-state index is -2.38. The quantitative estimate of drug-likeness (QED) is 0.703.